The molecule has 1 saturated carbocycles. The first-order valence-corrected chi connectivity index (χ1v) is 6.17. The Labute approximate surface area is 107 Å². The van der Waals surface area contributed by atoms with E-state index in [-0.39, 0.29) is 18.0 Å². The van der Waals surface area contributed by atoms with E-state index in [1.54, 1.807) is 0 Å². The summed E-state index contributed by atoms with van der Waals surface area (Å²) in [5.74, 6) is 1.41. The Morgan fingerprint density at radius 2 is 2.00 bits per heavy atom. The third-order valence-electron chi connectivity index (χ3n) is 3.71. The standard InChI is InChI=1S/C12H17N3O.ClH/c16-12-9-5-6-13-7-10(9)14-11(15-12)8-3-1-2-4-8;/h8,13H,1-7H2,(H,14,15,16);1H. The van der Waals surface area contributed by atoms with Gasteiger partial charge in [0.2, 0.25) is 0 Å². The monoisotopic (exact) mass is 255 g/mol. The maximum absolute atomic E-state index is 11.9. The molecule has 17 heavy (non-hydrogen) atoms. The molecule has 0 aromatic carbocycles. The predicted molar refractivity (Wildman–Crippen MR) is 68.7 cm³/mol. The highest BCUT2D eigenvalue weighted by Gasteiger charge is 2.22. The molecule has 0 spiro atoms. The third-order valence-corrected chi connectivity index (χ3v) is 3.71. The number of aromatic amines is 1. The number of nitrogens with zero attached hydrogens (tertiary/aromatic N) is 1. The lowest BCUT2D eigenvalue weighted by Gasteiger charge is -2.17. The number of aromatic nitrogens is 2. The van der Waals surface area contributed by atoms with Gasteiger partial charge in [0.15, 0.2) is 0 Å². The number of hydrogen-bond donors (Lipinski definition) is 2. The first-order chi connectivity index (χ1) is 7.84. The Morgan fingerprint density at radius 3 is 2.76 bits per heavy atom. The van der Waals surface area contributed by atoms with Crippen LogP contribution in [0.3, 0.4) is 0 Å². The van der Waals surface area contributed by atoms with Gasteiger partial charge in [-0.3, -0.25) is 4.79 Å². The number of fused-ring (bicyclic) bond motifs is 1. The Hall–Kier alpha value is -0.870. The van der Waals surface area contributed by atoms with Crippen LogP contribution in [-0.4, -0.2) is 16.5 Å². The van der Waals surface area contributed by atoms with Crippen molar-refractivity contribution >= 4 is 12.4 Å². The fraction of sp³-hybridized carbons (Fsp3) is 0.667. The summed E-state index contributed by atoms with van der Waals surface area (Å²) in [5.41, 5.74) is 1.95. The van der Waals surface area contributed by atoms with Crippen LogP contribution < -0.4 is 10.9 Å². The van der Waals surface area contributed by atoms with Crippen LogP contribution in [0.15, 0.2) is 4.79 Å². The summed E-state index contributed by atoms with van der Waals surface area (Å²) < 4.78 is 0. The van der Waals surface area contributed by atoms with Crippen molar-refractivity contribution in [3.05, 3.63) is 27.4 Å². The molecule has 4 nitrogen and oxygen atoms in total. The Kier molecular flexibility index (Phi) is 3.84. The van der Waals surface area contributed by atoms with Crippen molar-refractivity contribution in [3.63, 3.8) is 0 Å². The van der Waals surface area contributed by atoms with Crippen molar-refractivity contribution in [1.29, 1.82) is 0 Å². The van der Waals surface area contributed by atoms with Crippen molar-refractivity contribution in [3.8, 4) is 0 Å². The number of hydrogen-bond acceptors (Lipinski definition) is 3. The summed E-state index contributed by atoms with van der Waals surface area (Å²) in [6.45, 7) is 1.64. The second-order valence-corrected chi connectivity index (χ2v) is 4.78. The van der Waals surface area contributed by atoms with E-state index >= 15 is 0 Å². The quantitative estimate of drug-likeness (QED) is 0.800. The van der Waals surface area contributed by atoms with Gasteiger partial charge in [-0.1, -0.05) is 12.8 Å². The summed E-state index contributed by atoms with van der Waals surface area (Å²) >= 11 is 0. The van der Waals surface area contributed by atoms with E-state index in [0.717, 1.165) is 36.6 Å². The average molecular weight is 256 g/mol. The molecule has 2 heterocycles. The lowest BCUT2D eigenvalue weighted by atomic mass is 10.0. The van der Waals surface area contributed by atoms with Crippen molar-refractivity contribution in [1.82, 2.24) is 15.3 Å². The Balaban J connectivity index is 0.00000108. The van der Waals surface area contributed by atoms with Crippen molar-refractivity contribution < 1.29 is 0 Å². The van der Waals surface area contributed by atoms with Gasteiger partial charge >= 0.3 is 0 Å². The maximum atomic E-state index is 11.9. The molecule has 0 saturated heterocycles. The lowest BCUT2D eigenvalue weighted by Crippen LogP contribution is -2.32. The molecule has 0 radical (unpaired) electrons. The Bertz CT molecular complexity index is 452. The molecule has 2 aliphatic rings. The van der Waals surface area contributed by atoms with Gasteiger partial charge in [0.1, 0.15) is 5.82 Å². The zero-order valence-corrected chi connectivity index (χ0v) is 10.6. The highest BCUT2D eigenvalue weighted by atomic mass is 35.5. The van der Waals surface area contributed by atoms with Gasteiger partial charge in [-0.2, -0.15) is 0 Å². The van der Waals surface area contributed by atoms with E-state index in [1.807, 2.05) is 0 Å². The third kappa shape index (κ3) is 2.38. The normalized spacial score (nSPS) is 19.8. The average Bonchev–Trinajstić information content (AvgIpc) is 2.82. The second-order valence-electron chi connectivity index (χ2n) is 4.78. The molecule has 0 amide bonds. The van der Waals surface area contributed by atoms with Crippen molar-refractivity contribution in [2.24, 2.45) is 0 Å². The van der Waals surface area contributed by atoms with E-state index in [4.69, 9.17) is 0 Å². The van der Waals surface area contributed by atoms with Crippen LogP contribution in [0.25, 0.3) is 0 Å². The molecule has 1 aliphatic heterocycles. The fourth-order valence-corrected chi connectivity index (χ4v) is 2.78. The predicted octanol–water partition coefficient (Wildman–Crippen LogP) is 1.49. The first kappa shape index (κ1) is 12.6. The molecule has 1 fully saturated rings. The number of halogens is 1. The van der Waals surface area contributed by atoms with Crippen LogP contribution >= 0.6 is 12.4 Å². The zero-order valence-electron chi connectivity index (χ0n) is 9.79. The molecular formula is C12H18ClN3O. The van der Waals surface area contributed by atoms with Gasteiger partial charge in [-0.25, -0.2) is 4.98 Å². The van der Waals surface area contributed by atoms with Gasteiger partial charge in [0, 0.05) is 18.0 Å². The van der Waals surface area contributed by atoms with E-state index in [1.165, 1.54) is 25.7 Å². The van der Waals surface area contributed by atoms with E-state index in [9.17, 15) is 4.79 Å². The maximum Gasteiger partial charge on any atom is 0.254 e. The molecule has 1 aromatic rings. The highest BCUT2D eigenvalue weighted by molar-refractivity contribution is 5.85. The summed E-state index contributed by atoms with van der Waals surface area (Å²) in [6, 6.07) is 0. The van der Waals surface area contributed by atoms with Gasteiger partial charge in [-0.05, 0) is 25.8 Å². The van der Waals surface area contributed by atoms with E-state index < -0.39 is 0 Å². The van der Waals surface area contributed by atoms with Crippen molar-refractivity contribution in [2.45, 2.75) is 44.6 Å². The van der Waals surface area contributed by atoms with Crippen LogP contribution in [0.2, 0.25) is 0 Å². The van der Waals surface area contributed by atoms with Crippen LogP contribution in [0.1, 0.15) is 48.7 Å². The minimum Gasteiger partial charge on any atom is -0.311 e. The second kappa shape index (κ2) is 5.19. The van der Waals surface area contributed by atoms with Crippen molar-refractivity contribution in [2.75, 3.05) is 6.54 Å². The van der Waals surface area contributed by atoms with E-state index in [2.05, 4.69) is 15.3 Å². The number of nitrogens with one attached hydrogen (secondary N) is 2. The van der Waals surface area contributed by atoms with Gasteiger partial charge < -0.3 is 10.3 Å². The highest BCUT2D eigenvalue weighted by Crippen LogP contribution is 2.31. The Morgan fingerprint density at radius 1 is 1.24 bits per heavy atom. The summed E-state index contributed by atoms with van der Waals surface area (Å²) in [4.78, 5) is 19.5. The molecule has 0 atom stereocenters. The van der Waals surface area contributed by atoms with Gasteiger partial charge in [0.05, 0.1) is 5.69 Å². The summed E-state index contributed by atoms with van der Waals surface area (Å²) in [5, 5.41) is 3.27. The first-order valence-electron chi connectivity index (χ1n) is 6.17. The molecule has 1 aliphatic carbocycles. The fourth-order valence-electron chi connectivity index (χ4n) is 2.78. The molecular weight excluding hydrogens is 238 g/mol. The number of rotatable bonds is 1. The topological polar surface area (TPSA) is 57.8 Å². The summed E-state index contributed by atoms with van der Waals surface area (Å²) in [6.07, 6.45) is 5.69. The zero-order chi connectivity index (χ0) is 11.0. The minimum absolute atomic E-state index is 0. The molecule has 0 unspecified atom stereocenters. The minimum atomic E-state index is 0. The van der Waals surface area contributed by atoms with E-state index in [0.29, 0.717) is 5.92 Å². The molecule has 0 bridgehead atoms. The molecule has 2 N–H and O–H groups in total. The van der Waals surface area contributed by atoms with Crippen LogP contribution in [-0.2, 0) is 13.0 Å². The van der Waals surface area contributed by atoms with Crippen LogP contribution in [0.4, 0.5) is 0 Å². The van der Waals surface area contributed by atoms with Gasteiger partial charge in [0.25, 0.3) is 5.56 Å². The van der Waals surface area contributed by atoms with Gasteiger partial charge in [-0.15, -0.1) is 12.4 Å². The van der Waals surface area contributed by atoms with Crippen LogP contribution in [0, 0.1) is 0 Å². The number of H-pyrrole nitrogens is 1. The summed E-state index contributed by atoms with van der Waals surface area (Å²) in [7, 11) is 0. The lowest BCUT2D eigenvalue weighted by molar-refractivity contribution is 0.590. The molecule has 94 valence electrons. The molecule has 1 aromatic heterocycles. The smallest absolute Gasteiger partial charge is 0.254 e. The molecule has 5 heteroatoms. The largest absolute Gasteiger partial charge is 0.311 e. The van der Waals surface area contributed by atoms with Crippen LogP contribution in [0.5, 0.6) is 0 Å². The molecule has 3 rings (SSSR count). The SMILES string of the molecule is Cl.O=c1[nH]c(C2CCCC2)nc2c1CCNC2.